The van der Waals surface area contributed by atoms with E-state index >= 15 is 0 Å². The number of nitrogens with zero attached hydrogens (tertiary/aromatic N) is 7. The Balaban J connectivity index is 1.45. The molecule has 0 saturated heterocycles. The number of tetrazole rings is 1. The van der Waals surface area contributed by atoms with Crippen LogP contribution in [0.4, 0.5) is 5.82 Å². The van der Waals surface area contributed by atoms with Gasteiger partial charge in [0, 0.05) is 18.5 Å². The van der Waals surface area contributed by atoms with Gasteiger partial charge >= 0.3 is 0 Å². The van der Waals surface area contributed by atoms with E-state index in [4.69, 9.17) is 5.10 Å². The van der Waals surface area contributed by atoms with E-state index in [1.165, 1.54) is 24.6 Å². The van der Waals surface area contributed by atoms with Crippen LogP contribution in [0.2, 0.25) is 0 Å². The minimum absolute atomic E-state index is 0.109. The lowest BCUT2D eigenvalue weighted by atomic mass is 10.0. The van der Waals surface area contributed by atoms with Gasteiger partial charge < -0.3 is 10.2 Å². The van der Waals surface area contributed by atoms with Crippen molar-refractivity contribution in [1.82, 2.24) is 34.9 Å². The van der Waals surface area contributed by atoms with Crippen molar-refractivity contribution in [3.63, 3.8) is 0 Å². The molecule has 3 aromatic rings. The molecule has 0 bridgehead atoms. The Kier molecular flexibility index (Phi) is 6.98. The molecule has 1 aliphatic rings. The molecule has 1 saturated carbocycles. The third-order valence-corrected chi connectivity index (χ3v) is 6.32. The second-order valence-corrected chi connectivity index (χ2v) is 8.95. The molecule has 0 atom stereocenters. The van der Waals surface area contributed by atoms with E-state index in [1.807, 2.05) is 55.2 Å². The highest BCUT2D eigenvalue weighted by atomic mass is 32.2. The molecule has 4 rings (SSSR count). The molecule has 0 aliphatic heterocycles. The second-order valence-electron chi connectivity index (χ2n) is 8.01. The monoisotopic (exact) mass is 440 g/mol. The summed E-state index contributed by atoms with van der Waals surface area (Å²) in [6.45, 7) is 1.50. The van der Waals surface area contributed by atoms with Crippen LogP contribution in [0.1, 0.15) is 37.3 Å². The molecule has 1 fully saturated rings. The molecule has 2 aromatic heterocycles. The number of para-hydroxylation sites is 1. The number of rotatable bonds is 9. The van der Waals surface area contributed by atoms with E-state index in [0.29, 0.717) is 23.4 Å². The molecular formula is C21H28N8OS. The number of hydrogen-bond acceptors (Lipinski definition) is 7. The van der Waals surface area contributed by atoms with Gasteiger partial charge in [-0.3, -0.25) is 4.79 Å². The highest BCUT2D eigenvalue weighted by Gasteiger charge is 2.22. The first-order chi connectivity index (χ1) is 15.1. The lowest BCUT2D eigenvalue weighted by Gasteiger charge is -2.10. The van der Waals surface area contributed by atoms with Crippen LogP contribution in [0.25, 0.3) is 5.69 Å². The Morgan fingerprint density at radius 2 is 2.00 bits per heavy atom. The molecule has 10 heteroatoms. The number of anilines is 1. The van der Waals surface area contributed by atoms with Gasteiger partial charge in [0.25, 0.3) is 0 Å². The quantitative estimate of drug-likeness (QED) is 0.511. The van der Waals surface area contributed by atoms with Gasteiger partial charge in [-0.15, -0.1) is 5.10 Å². The van der Waals surface area contributed by atoms with E-state index in [1.54, 1.807) is 4.68 Å². The number of likely N-dealkylation sites (N-methyl/N-ethyl adjacent to an activating group) is 1. The minimum atomic E-state index is -0.109. The van der Waals surface area contributed by atoms with Crippen LogP contribution in [0.3, 0.4) is 0 Å². The highest BCUT2D eigenvalue weighted by molar-refractivity contribution is 7.99. The van der Waals surface area contributed by atoms with Crippen LogP contribution in [0.15, 0.2) is 41.6 Å². The molecule has 31 heavy (non-hydrogen) atoms. The molecule has 9 nitrogen and oxygen atoms in total. The zero-order valence-electron chi connectivity index (χ0n) is 17.9. The average molecular weight is 441 g/mol. The number of carbonyl (C=O) groups is 1. The van der Waals surface area contributed by atoms with Gasteiger partial charge in [0.15, 0.2) is 0 Å². The summed E-state index contributed by atoms with van der Waals surface area (Å²) in [6.07, 6.45) is 4.79. The number of aromatic nitrogens is 6. The third-order valence-electron chi connectivity index (χ3n) is 5.36. The second kappa shape index (κ2) is 10.1. The van der Waals surface area contributed by atoms with Crippen LogP contribution in [0, 0.1) is 0 Å². The first-order valence-corrected chi connectivity index (χ1v) is 11.6. The summed E-state index contributed by atoms with van der Waals surface area (Å²) in [6, 6.07) is 11.9. The van der Waals surface area contributed by atoms with Crippen LogP contribution in [0.5, 0.6) is 0 Å². The summed E-state index contributed by atoms with van der Waals surface area (Å²) in [4.78, 5) is 14.8. The molecule has 1 aromatic carbocycles. The van der Waals surface area contributed by atoms with Crippen molar-refractivity contribution in [2.45, 2.75) is 43.3 Å². The Morgan fingerprint density at radius 3 is 2.74 bits per heavy atom. The molecule has 1 N–H and O–H groups in total. The van der Waals surface area contributed by atoms with Crippen molar-refractivity contribution in [2.24, 2.45) is 0 Å². The first-order valence-electron chi connectivity index (χ1n) is 10.6. The predicted molar refractivity (Wildman–Crippen MR) is 120 cm³/mol. The molecule has 1 amide bonds. The van der Waals surface area contributed by atoms with E-state index in [0.717, 1.165) is 30.8 Å². The van der Waals surface area contributed by atoms with E-state index in [-0.39, 0.29) is 11.7 Å². The Bertz CT molecular complexity index is 994. The van der Waals surface area contributed by atoms with Crippen LogP contribution in [-0.2, 0) is 11.3 Å². The molecule has 1 aliphatic carbocycles. The Morgan fingerprint density at radius 1 is 1.23 bits per heavy atom. The molecular weight excluding hydrogens is 412 g/mol. The maximum absolute atomic E-state index is 12.7. The number of nitrogens with one attached hydrogen (secondary N) is 1. The fourth-order valence-electron chi connectivity index (χ4n) is 3.72. The number of amides is 1. The van der Waals surface area contributed by atoms with Gasteiger partial charge in [0.2, 0.25) is 11.1 Å². The van der Waals surface area contributed by atoms with Crippen LogP contribution in [-0.4, -0.2) is 67.2 Å². The van der Waals surface area contributed by atoms with E-state index < -0.39 is 0 Å². The maximum Gasteiger partial charge on any atom is 0.236 e. The van der Waals surface area contributed by atoms with Crippen molar-refractivity contribution >= 4 is 23.5 Å². The van der Waals surface area contributed by atoms with Gasteiger partial charge in [-0.25, -0.2) is 9.36 Å². The molecule has 2 heterocycles. The minimum Gasteiger partial charge on any atom is -0.310 e. The fourth-order valence-corrected chi connectivity index (χ4v) is 4.42. The summed E-state index contributed by atoms with van der Waals surface area (Å²) in [5, 5.41) is 20.3. The lowest BCUT2D eigenvalue weighted by Crippen LogP contribution is -2.20. The number of carbonyl (C=O) groups excluding carboxylic acids is 1. The Labute approximate surface area is 186 Å². The van der Waals surface area contributed by atoms with Crippen molar-refractivity contribution < 1.29 is 4.79 Å². The number of hydrogen-bond donors (Lipinski definition) is 1. The van der Waals surface area contributed by atoms with E-state index in [9.17, 15) is 4.79 Å². The van der Waals surface area contributed by atoms with Gasteiger partial charge in [-0.05, 0) is 49.5 Å². The predicted octanol–water partition coefficient (Wildman–Crippen LogP) is 2.81. The van der Waals surface area contributed by atoms with Gasteiger partial charge in [0.1, 0.15) is 5.82 Å². The highest BCUT2D eigenvalue weighted by Crippen LogP contribution is 2.35. The number of thioether (sulfide) groups is 1. The zero-order chi connectivity index (χ0) is 21.6. The summed E-state index contributed by atoms with van der Waals surface area (Å²) in [5.74, 6) is 1.28. The lowest BCUT2D eigenvalue weighted by molar-refractivity contribution is -0.113. The fraction of sp³-hybridized carbons (Fsp3) is 0.476. The van der Waals surface area contributed by atoms with Gasteiger partial charge in [0.05, 0.1) is 23.7 Å². The van der Waals surface area contributed by atoms with Crippen molar-refractivity contribution in [1.29, 1.82) is 0 Å². The van der Waals surface area contributed by atoms with Crippen molar-refractivity contribution in [2.75, 3.05) is 31.7 Å². The van der Waals surface area contributed by atoms with E-state index in [2.05, 4.69) is 25.7 Å². The summed E-state index contributed by atoms with van der Waals surface area (Å²) < 4.78 is 3.56. The number of benzene rings is 1. The summed E-state index contributed by atoms with van der Waals surface area (Å²) in [5.41, 5.74) is 1.99. The standard InChI is InChI=1S/C21H28N8OS/c1-27(2)12-13-28-21(23-25-26-28)31-15-20(30)22-19-14-18(16-8-6-7-9-16)24-29(19)17-10-4-3-5-11-17/h3-5,10-11,14,16H,6-9,12-13,15H2,1-2H3,(H,22,30). The van der Waals surface area contributed by atoms with Crippen LogP contribution >= 0.6 is 11.8 Å². The third kappa shape index (κ3) is 5.50. The van der Waals surface area contributed by atoms with Gasteiger partial charge in [-0.1, -0.05) is 42.8 Å². The van der Waals surface area contributed by atoms with Crippen LogP contribution < -0.4 is 5.32 Å². The summed E-state index contributed by atoms with van der Waals surface area (Å²) >= 11 is 1.33. The topological polar surface area (TPSA) is 93.8 Å². The molecule has 0 spiro atoms. The normalized spacial score (nSPS) is 14.4. The SMILES string of the molecule is CN(C)CCn1nnnc1SCC(=O)Nc1cc(C2CCCC2)nn1-c1ccccc1. The van der Waals surface area contributed by atoms with Crippen molar-refractivity contribution in [3.05, 3.63) is 42.1 Å². The molecule has 0 unspecified atom stereocenters. The maximum atomic E-state index is 12.7. The molecule has 164 valence electrons. The largest absolute Gasteiger partial charge is 0.310 e. The Hall–Kier alpha value is -2.72. The smallest absolute Gasteiger partial charge is 0.236 e. The molecule has 0 radical (unpaired) electrons. The summed E-state index contributed by atoms with van der Waals surface area (Å²) in [7, 11) is 4.00. The van der Waals surface area contributed by atoms with Gasteiger partial charge in [-0.2, -0.15) is 5.10 Å². The zero-order valence-corrected chi connectivity index (χ0v) is 18.8. The average Bonchev–Trinajstić information content (AvgIpc) is 3.52. The van der Waals surface area contributed by atoms with Crippen molar-refractivity contribution in [3.8, 4) is 5.69 Å². The first kappa shape index (κ1) is 21.5.